The molecule has 0 saturated heterocycles. The number of rotatable bonds is 23. The molecule has 0 saturated carbocycles. The average Bonchev–Trinajstić information content (AvgIpc) is 3.45. The van der Waals surface area contributed by atoms with E-state index in [0.29, 0.717) is 28.3 Å². The molecule has 2 aliphatic rings. The molecule has 9 heteroatoms. The topological polar surface area (TPSA) is 98.6 Å². The quantitative estimate of drug-likeness (QED) is 0.0669. The van der Waals surface area contributed by atoms with Gasteiger partial charge < -0.3 is 19.5 Å². The van der Waals surface area contributed by atoms with Crippen molar-refractivity contribution in [3.8, 4) is 5.75 Å². The molecule has 1 unspecified atom stereocenters. The zero-order valence-corrected chi connectivity index (χ0v) is 34.0. The van der Waals surface area contributed by atoms with E-state index in [1.165, 1.54) is 70.6 Å². The first-order chi connectivity index (χ1) is 25.6. The first-order valence-corrected chi connectivity index (χ1v) is 20.7. The fourth-order valence-electron chi connectivity index (χ4n) is 7.46. The van der Waals surface area contributed by atoms with E-state index >= 15 is 0 Å². The van der Waals surface area contributed by atoms with Gasteiger partial charge in [-0.3, -0.25) is 0 Å². The van der Waals surface area contributed by atoms with Crippen LogP contribution in [0.3, 0.4) is 0 Å². The Morgan fingerprint density at radius 1 is 0.755 bits per heavy atom. The minimum atomic E-state index is -1.17. The first kappa shape index (κ1) is 42.2. The highest BCUT2D eigenvalue weighted by Gasteiger charge is 2.43. The van der Waals surface area contributed by atoms with Crippen molar-refractivity contribution in [1.82, 2.24) is 5.32 Å². The van der Waals surface area contributed by atoms with Gasteiger partial charge >= 0.3 is 11.9 Å². The SMILES string of the molecule is CCCCCCCCCCCCCCCc1cccc(OC(C)C)c1C1C(C(=O)OCC)=C(C)NC(CC2(S)N=c3ccccc3=N2)=C1C(=O)OCC. The largest absolute Gasteiger partial charge is 0.491 e. The number of hydrogen-bond acceptors (Lipinski definition) is 9. The number of unbranched alkanes of at least 4 members (excludes halogenated alkanes) is 12. The molecule has 0 aliphatic carbocycles. The van der Waals surface area contributed by atoms with E-state index in [0.717, 1.165) is 41.1 Å². The number of nitrogens with zero attached hydrogens (tertiary/aromatic N) is 2. The minimum absolute atomic E-state index is 0.136. The van der Waals surface area contributed by atoms with E-state index in [-0.39, 0.29) is 25.7 Å². The zero-order chi connectivity index (χ0) is 38.2. The molecule has 0 aromatic heterocycles. The molecular formula is C44H63N3O5S. The summed E-state index contributed by atoms with van der Waals surface area (Å²) < 4.78 is 17.9. The first-order valence-electron chi connectivity index (χ1n) is 20.2. The Balaban J connectivity index is 1.66. The van der Waals surface area contributed by atoms with Crippen LogP contribution in [0.5, 0.6) is 5.75 Å². The van der Waals surface area contributed by atoms with Gasteiger partial charge in [0, 0.05) is 23.4 Å². The summed E-state index contributed by atoms with van der Waals surface area (Å²) in [6, 6.07) is 13.7. The number of carbonyl (C=O) groups is 2. The highest BCUT2D eigenvalue weighted by atomic mass is 32.1. The van der Waals surface area contributed by atoms with Gasteiger partial charge in [0.1, 0.15) is 5.75 Å². The van der Waals surface area contributed by atoms with Gasteiger partial charge in [-0.25, -0.2) is 19.6 Å². The van der Waals surface area contributed by atoms with Gasteiger partial charge in [-0.15, -0.1) is 12.6 Å². The molecule has 2 aromatic carbocycles. The number of thiol groups is 1. The Kier molecular flexibility index (Phi) is 17.0. The predicted molar refractivity (Wildman–Crippen MR) is 216 cm³/mol. The lowest BCUT2D eigenvalue weighted by molar-refractivity contribution is -0.139. The van der Waals surface area contributed by atoms with Gasteiger partial charge in [0.15, 0.2) is 0 Å². The molecule has 0 spiro atoms. The second-order valence-electron chi connectivity index (χ2n) is 14.6. The van der Waals surface area contributed by atoms with E-state index in [2.05, 4.69) is 18.3 Å². The molecule has 2 aliphatic heterocycles. The molecule has 0 bridgehead atoms. The standard InChI is InChI=1S/C44H63N3O5S/c1-7-10-11-12-13-14-15-16-17-18-19-20-21-25-33-26-24-29-37(52-31(4)5)39(33)41-38(42(48)50-8-2)32(6)45-36(40(41)43(49)51-9-3)30-44(53)46-34-27-22-23-28-35(34)47-44/h22-24,26-29,31,41,45,53H,7-21,25,30H2,1-6H3. The summed E-state index contributed by atoms with van der Waals surface area (Å²) in [6.45, 7) is 12.0. The number of carbonyl (C=O) groups excluding carboxylic acids is 2. The maximum absolute atomic E-state index is 14.2. The molecule has 1 N–H and O–H groups in total. The molecule has 2 aromatic rings. The molecular weight excluding hydrogens is 683 g/mol. The Hall–Kier alpha value is -3.59. The summed E-state index contributed by atoms with van der Waals surface area (Å²) in [6.07, 6.45) is 17.4. The third kappa shape index (κ3) is 12.0. The van der Waals surface area contributed by atoms with Gasteiger partial charge in [0.25, 0.3) is 0 Å². The van der Waals surface area contributed by atoms with Crippen LogP contribution in [0.4, 0.5) is 0 Å². The van der Waals surface area contributed by atoms with Crippen LogP contribution < -0.4 is 20.8 Å². The number of fused-ring (bicyclic) bond motifs is 1. The maximum Gasteiger partial charge on any atom is 0.336 e. The number of dihydropyridines is 1. The lowest BCUT2D eigenvalue weighted by Gasteiger charge is -2.35. The van der Waals surface area contributed by atoms with Crippen molar-refractivity contribution < 1.29 is 23.8 Å². The molecule has 2 heterocycles. The highest BCUT2D eigenvalue weighted by molar-refractivity contribution is 7.81. The van der Waals surface area contributed by atoms with E-state index in [1.807, 2.05) is 57.2 Å². The summed E-state index contributed by atoms with van der Waals surface area (Å²) in [5.41, 5.74) is 3.66. The second kappa shape index (κ2) is 21.3. The van der Waals surface area contributed by atoms with E-state index in [1.54, 1.807) is 13.8 Å². The van der Waals surface area contributed by atoms with Gasteiger partial charge in [-0.05, 0) is 71.2 Å². The normalized spacial score (nSPS) is 16.2. The lowest BCUT2D eigenvalue weighted by atomic mass is 9.76. The van der Waals surface area contributed by atoms with E-state index < -0.39 is 22.9 Å². The third-order valence-corrected chi connectivity index (χ3v) is 10.2. The minimum Gasteiger partial charge on any atom is -0.491 e. The average molecular weight is 746 g/mol. The van der Waals surface area contributed by atoms with Gasteiger partial charge in [-0.2, -0.15) is 0 Å². The Morgan fingerprint density at radius 3 is 1.81 bits per heavy atom. The number of hydrogen-bond donors (Lipinski definition) is 2. The van der Waals surface area contributed by atoms with Crippen molar-refractivity contribution in [1.29, 1.82) is 0 Å². The Morgan fingerprint density at radius 2 is 1.28 bits per heavy atom. The van der Waals surface area contributed by atoms with Crippen molar-refractivity contribution in [2.45, 2.75) is 155 Å². The van der Waals surface area contributed by atoms with Crippen molar-refractivity contribution in [3.05, 3.63) is 86.8 Å². The maximum atomic E-state index is 14.2. The number of para-hydroxylation sites is 2. The third-order valence-electron chi connectivity index (χ3n) is 9.89. The highest BCUT2D eigenvalue weighted by Crippen LogP contribution is 2.47. The summed E-state index contributed by atoms with van der Waals surface area (Å²) in [7, 11) is 0. The van der Waals surface area contributed by atoms with Gasteiger partial charge in [0.05, 0.1) is 47.1 Å². The summed E-state index contributed by atoms with van der Waals surface area (Å²) in [5, 5.41) is 4.88. The van der Waals surface area contributed by atoms with Crippen molar-refractivity contribution >= 4 is 24.6 Å². The monoisotopic (exact) mass is 745 g/mol. The van der Waals surface area contributed by atoms with Crippen LogP contribution >= 0.6 is 12.6 Å². The number of ether oxygens (including phenoxy) is 3. The number of aryl methyl sites for hydroxylation is 1. The Bertz CT molecular complexity index is 1680. The molecule has 4 rings (SSSR count). The van der Waals surface area contributed by atoms with Crippen molar-refractivity contribution in [3.63, 3.8) is 0 Å². The number of allylic oxidation sites excluding steroid dienone is 1. The fraction of sp³-hybridized carbons (Fsp3) is 0.591. The molecule has 290 valence electrons. The molecule has 0 radical (unpaired) electrons. The number of nitrogens with one attached hydrogen (secondary N) is 1. The molecule has 53 heavy (non-hydrogen) atoms. The fourth-order valence-corrected chi connectivity index (χ4v) is 7.83. The Labute approximate surface area is 323 Å². The summed E-state index contributed by atoms with van der Waals surface area (Å²) in [5.74, 6) is -1.18. The number of benzene rings is 2. The number of esters is 2. The molecule has 0 fully saturated rings. The molecule has 0 amide bonds. The van der Waals surface area contributed by atoms with Crippen molar-refractivity contribution in [2.75, 3.05) is 13.2 Å². The molecule has 1 atom stereocenters. The van der Waals surface area contributed by atoms with Crippen LogP contribution in [0.25, 0.3) is 0 Å². The van der Waals surface area contributed by atoms with Crippen molar-refractivity contribution in [2.24, 2.45) is 9.98 Å². The van der Waals surface area contributed by atoms with Crippen LogP contribution in [0.15, 0.2) is 75.0 Å². The zero-order valence-electron chi connectivity index (χ0n) is 33.1. The van der Waals surface area contributed by atoms with Crippen LogP contribution in [0.1, 0.15) is 148 Å². The van der Waals surface area contributed by atoms with Crippen LogP contribution in [-0.4, -0.2) is 36.3 Å². The second-order valence-corrected chi connectivity index (χ2v) is 15.3. The van der Waals surface area contributed by atoms with E-state index in [4.69, 9.17) is 36.8 Å². The van der Waals surface area contributed by atoms with E-state index in [9.17, 15) is 9.59 Å². The lowest BCUT2D eigenvalue weighted by Crippen LogP contribution is -2.36. The van der Waals surface area contributed by atoms with Crippen LogP contribution in [0, 0.1) is 0 Å². The molecule has 8 nitrogen and oxygen atoms in total. The summed E-state index contributed by atoms with van der Waals surface area (Å²) >= 11 is 4.95. The van der Waals surface area contributed by atoms with Gasteiger partial charge in [0.2, 0.25) is 4.99 Å². The van der Waals surface area contributed by atoms with Gasteiger partial charge in [-0.1, -0.05) is 108 Å². The van der Waals surface area contributed by atoms with Crippen LogP contribution in [-0.2, 0) is 25.5 Å². The smallest absolute Gasteiger partial charge is 0.336 e. The summed E-state index contributed by atoms with van der Waals surface area (Å²) in [4.78, 5) is 36.7. The van der Waals surface area contributed by atoms with Crippen LogP contribution in [0.2, 0.25) is 0 Å². The predicted octanol–water partition coefficient (Wildman–Crippen LogP) is 9.38.